The summed E-state index contributed by atoms with van der Waals surface area (Å²) in [4.78, 5) is 11.7. The van der Waals surface area contributed by atoms with Crippen LogP contribution >= 0.6 is 0 Å². The number of esters is 1. The van der Waals surface area contributed by atoms with Gasteiger partial charge in [-0.15, -0.1) is 0 Å². The van der Waals surface area contributed by atoms with Gasteiger partial charge in [-0.25, -0.2) is 4.79 Å². The first-order chi connectivity index (χ1) is 13.0. The first kappa shape index (κ1) is 21.3. The molecule has 8 nitrogen and oxygen atoms in total. The van der Waals surface area contributed by atoms with Crippen LogP contribution in [0, 0.1) is 0 Å². The Bertz CT molecular complexity index is 630. The lowest BCUT2D eigenvalue weighted by atomic mass is 9.99. The van der Waals surface area contributed by atoms with Crippen molar-refractivity contribution in [3.05, 3.63) is 35.9 Å². The van der Waals surface area contributed by atoms with Gasteiger partial charge in [0.1, 0.15) is 30.2 Å². The van der Waals surface area contributed by atoms with Crippen LogP contribution in [0.15, 0.2) is 30.3 Å². The van der Waals surface area contributed by atoms with Crippen LogP contribution in [0.2, 0.25) is 0 Å². The molecule has 1 fully saturated rings. The van der Waals surface area contributed by atoms with Crippen molar-refractivity contribution in [1.82, 2.24) is 0 Å². The zero-order chi connectivity index (χ0) is 19.8. The Balaban J connectivity index is 2.07. The molecule has 27 heavy (non-hydrogen) atoms. The smallest absolute Gasteiger partial charge is 0.330 e. The van der Waals surface area contributed by atoms with E-state index in [-0.39, 0.29) is 0 Å². The van der Waals surface area contributed by atoms with Crippen molar-refractivity contribution < 1.29 is 39.4 Å². The van der Waals surface area contributed by atoms with Crippen molar-refractivity contribution in [3.63, 3.8) is 0 Å². The highest BCUT2D eigenvalue weighted by Gasteiger charge is 2.44. The van der Waals surface area contributed by atoms with E-state index in [9.17, 15) is 25.2 Å². The number of hydrogen-bond acceptors (Lipinski definition) is 8. The maximum Gasteiger partial charge on any atom is 0.330 e. The van der Waals surface area contributed by atoms with E-state index in [1.54, 1.807) is 24.3 Å². The van der Waals surface area contributed by atoms with Crippen LogP contribution in [-0.2, 0) is 14.3 Å². The van der Waals surface area contributed by atoms with E-state index < -0.39 is 43.3 Å². The van der Waals surface area contributed by atoms with Gasteiger partial charge in [-0.1, -0.05) is 31.5 Å². The minimum atomic E-state index is -1.53. The van der Waals surface area contributed by atoms with Gasteiger partial charge in [0.2, 0.25) is 6.29 Å². The van der Waals surface area contributed by atoms with E-state index in [4.69, 9.17) is 14.2 Å². The molecule has 150 valence electrons. The van der Waals surface area contributed by atoms with Crippen LogP contribution in [0.5, 0.6) is 5.75 Å². The molecule has 1 saturated heterocycles. The summed E-state index contributed by atoms with van der Waals surface area (Å²) in [6.45, 7) is 1.80. The molecule has 0 radical (unpaired) electrons. The standard InChI is InChI=1S/C19H26O8/c1-2-3-10-25-15(21)9-8-12-6-4-5-7-13(12)26-19-18(24)17(23)16(22)14(11-20)27-19/h4-9,14,16-20,22-24H,2-3,10-11H2,1H3/b9-8+/t14-,16-,17+,18-,19-/m1/s1. The van der Waals surface area contributed by atoms with E-state index in [0.717, 1.165) is 12.8 Å². The highest BCUT2D eigenvalue weighted by atomic mass is 16.7. The average molecular weight is 382 g/mol. The first-order valence-corrected chi connectivity index (χ1v) is 8.89. The molecule has 2 rings (SSSR count). The maximum atomic E-state index is 11.7. The number of ether oxygens (including phenoxy) is 3. The Morgan fingerprint density at radius 1 is 1.19 bits per heavy atom. The lowest BCUT2D eigenvalue weighted by Gasteiger charge is -2.39. The van der Waals surface area contributed by atoms with E-state index in [0.29, 0.717) is 17.9 Å². The molecule has 4 N–H and O–H groups in total. The van der Waals surface area contributed by atoms with E-state index >= 15 is 0 Å². The van der Waals surface area contributed by atoms with E-state index in [1.165, 1.54) is 12.2 Å². The van der Waals surface area contributed by atoms with Crippen LogP contribution in [0.3, 0.4) is 0 Å². The second-order valence-electron chi connectivity index (χ2n) is 6.21. The highest BCUT2D eigenvalue weighted by Crippen LogP contribution is 2.27. The predicted octanol–water partition coefficient (Wildman–Crippen LogP) is 0.222. The quantitative estimate of drug-likeness (QED) is 0.286. The van der Waals surface area contributed by atoms with Gasteiger partial charge < -0.3 is 34.6 Å². The molecule has 0 amide bonds. The largest absolute Gasteiger partial charge is 0.463 e. The average Bonchev–Trinajstić information content (AvgIpc) is 2.68. The van der Waals surface area contributed by atoms with Crippen LogP contribution in [0.4, 0.5) is 0 Å². The number of benzene rings is 1. The molecule has 0 unspecified atom stereocenters. The van der Waals surface area contributed by atoms with Crippen LogP contribution in [0.25, 0.3) is 6.08 Å². The molecule has 1 aromatic carbocycles. The van der Waals surface area contributed by atoms with Crippen LogP contribution in [0.1, 0.15) is 25.3 Å². The van der Waals surface area contributed by atoms with Gasteiger partial charge >= 0.3 is 5.97 Å². The molecule has 1 aliphatic rings. The molecule has 5 atom stereocenters. The Morgan fingerprint density at radius 2 is 1.93 bits per heavy atom. The number of carbonyl (C=O) groups is 1. The van der Waals surface area contributed by atoms with Gasteiger partial charge in [0.15, 0.2) is 0 Å². The molecular formula is C19H26O8. The monoisotopic (exact) mass is 382 g/mol. The van der Waals surface area contributed by atoms with E-state index in [2.05, 4.69) is 0 Å². The summed E-state index contributed by atoms with van der Waals surface area (Å²) in [5.74, 6) is -0.189. The third-order valence-corrected chi connectivity index (χ3v) is 4.15. The molecular weight excluding hydrogens is 356 g/mol. The topological polar surface area (TPSA) is 126 Å². The Kier molecular flexibility index (Phi) is 8.21. The fourth-order valence-corrected chi connectivity index (χ4v) is 2.54. The molecule has 1 heterocycles. The minimum Gasteiger partial charge on any atom is -0.463 e. The van der Waals surface area contributed by atoms with E-state index in [1.807, 2.05) is 6.92 Å². The normalized spacial score (nSPS) is 28.3. The number of aliphatic hydroxyl groups excluding tert-OH is 4. The molecule has 1 aromatic rings. The summed E-state index contributed by atoms with van der Waals surface area (Å²) in [7, 11) is 0. The third-order valence-electron chi connectivity index (χ3n) is 4.15. The number of para-hydroxylation sites is 1. The molecule has 8 heteroatoms. The van der Waals surface area contributed by atoms with Gasteiger partial charge in [0, 0.05) is 11.6 Å². The Labute approximate surface area is 157 Å². The first-order valence-electron chi connectivity index (χ1n) is 8.89. The zero-order valence-corrected chi connectivity index (χ0v) is 15.1. The molecule has 0 bridgehead atoms. The number of aliphatic hydroxyl groups is 4. The number of rotatable bonds is 8. The molecule has 0 saturated carbocycles. The Morgan fingerprint density at radius 3 is 2.63 bits per heavy atom. The minimum absolute atomic E-state index is 0.291. The molecule has 1 aliphatic heterocycles. The summed E-state index contributed by atoms with van der Waals surface area (Å²) in [5, 5.41) is 39.0. The van der Waals surface area contributed by atoms with Crippen molar-refractivity contribution in [3.8, 4) is 5.75 Å². The number of carbonyl (C=O) groups excluding carboxylic acids is 1. The molecule has 0 spiro atoms. The fourth-order valence-electron chi connectivity index (χ4n) is 2.54. The molecule has 0 aromatic heterocycles. The van der Waals surface area contributed by atoms with Gasteiger partial charge in [0.25, 0.3) is 0 Å². The summed E-state index contributed by atoms with van der Waals surface area (Å²) >= 11 is 0. The SMILES string of the molecule is CCCCOC(=O)/C=C/c1ccccc1O[C@@H]1O[C@H](CO)[C@@H](O)[C@H](O)[C@H]1O. The van der Waals surface area contributed by atoms with Crippen LogP contribution < -0.4 is 4.74 Å². The fraction of sp³-hybridized carbons (Fsp3) is 0.526. The van der Waals surface area contributed by atoms with Crippen LogP contribution in [-0.4, -0.2) is 70.3 Å². The summed E-state index contributed by atoms with van der Waals surface area (Å²) in [6.07, 6.45) is -2.38. The highest BCUT2D eigenvalue weighted by molar-refractivity contribution is 5.87. The van der Waals surface area contributed by atoms with Crippen molar-refractivity contribution in [2.75, 3.05) is 13.2 Å². The van der Waals surface area contributed by atoms with Crippen molar-refractivity contribution in [2.24, 2.45) is 0 Å². The summed E-state index contributed by atoms with van der Waals surface area (Å²) in [5.41, 5.74) is 0.530. The summed E-state index contributed by atoms with van der Waals surface area (Å²) in [6, 6.07) is 6.72. The Hall–Kier alpha value is -1.97. The number of unbranched alkanes of at least 4 members (excludes halogenated alkanes) is 1. The predicted molar refractivity (Wildman–Crippen MR) is 95.7 cm³/mol. The second-order valence-corrected chi connectivity index (χ2v) is 6.21. The van der Waals surface area contributed by atoms with Crippen molar-refractivity contribution in [1.29, 1.82) is 0 Å². The lowest BCUT2D eigenvalue weighted by molar-refractivity contribution is -0.277. The third kappa shape index (κ3) is 5.75. The maximum absolute atomic E-state index is 11.7. The van der Waals surface area contributed by atoms with Gasteiger partial charge in [-0.3, -0.25) is 0 Å². The van der Waals surface area contributed by atoms with Crippen molar-refractivity contribution >= 4 is 12.0 Å². The van der Waals surface area contributed by atoms with Gasteiger partial charge in [0.05, 0.1) is 13.2 Å². The summed E-state index contributed by atoms with van der Waals surface area (Å²) < 4.78 is 16.0. The number of hydrogen-bond donors (Lipinski definition) is 4. The van der Waals surface area contributed by atoms with Gasteiger partial charge in [-0.2, -0.15) is 0 Å². The zero-order valence-electron chi connectivity index (χ0n) is 15.1. The second kappa shape index (κ2) is 10.4. The molecule has 0 aliphatic carbocycles. The van der Waals surface area contributed by atoms with Gasteiger partial charge in [-0.05, 0) is 18.6 Å². The lowest BCUT2D eigenvalue weighted by Crippen LogP contribution is -2.60. The van der Waals surface area contributed by atoms with Crippen molar-refractivity contribution in [2.45, 2.75) is 50.5 Å².